The number of nitrogens with one attached hydrogen (secondary N) is 1. The van der Waals surface area contributed by atoms with Gasteiger partial charge in [0.2, 0.25) is 0 Å². The molecule has 0 radical (unpaired) electrons. The summed E-state index contributed by atoms with van der Waals surface area (Å²) in [6.45, 7) is 0.305. The van der Waals surface area contributed by atoms with Gasteiger partial charge in [0, 0.05) is 32.7 Å². The van der Waals surface area contributed by atoms with Crippen LogP contribution < -0.4 is 10.1 Å². The van der Waals surface area contributed by atoms with Gasteiger partial charge in [-0.05, 0) is 53.0 Å². The Kier molecular flexibility index (Phi) is 8.12. The number of carbonyl (C=O) groups excluding carboxylic acids is 1. The molecule has 3 heterocycles. The Bertz CT molecular complexity index is 1420. The molecule has 0 aliphatic heterocycles. The van der Waals surface area contributed by atoms with Gasteiger partial charge < -0.3 is 19.8 Å². The number of thiophene rings is 1. The van der Waals surface area contributed by atoms with Crippen LogP contribution in [-0.4, -0.2) is 37.5 Å². The number of halogens is 3. The minimum Gasteiger partial charge on any atom is -0.492 e. The molecule has 36 heavy (non-hydrogen) atoms. The van der Waals surface area contributed by atoms with E-state index in [9.17, 15) is 27.9 Å². The van der Waals surface area contributed by atoms with E-state index in [4.69, 9.17) is 4.74 Å². The monoisotopic (exact) mass is 618 g/mol. The first-order valence-corrected chi connectivity index (χ1v) is 14.4. The molecule has 0 unspecified atom stereocenters. The van der Waals surface area contributed by atoms with Crippen LogP contribution in [0.4, 0.5) is 8.78 Å². The van der Waals surface area contributed by atoms with E-state index in [-0.39, 0.29) is 39.0 Å². The fourth-order valence-electron chi connectivity index (χ4n) is 3.20. The van der Waals surface area contributed by atoms with E-state index in [0.29, 0.717) is 29.9 Å². The molecule has 190 valence electrons. The van der Waals surface area contributed by atoms with E-state index in [1.807, 2.05) is 0 Å². The van der Waals surface area contributed by atoms with Crippen LogP contribution in [0.25, 0.3) is 10.1 Å². The predicted octanol–water partition coefficient (Wildman–Crippen LogP) is 5.08. The molecular weight excluding hydrogens is 601 g/mol. The summed E-state index contributed by atoms with van der Waals surface area (Å²) >= 11 is 5.06. The average molecular weight is 619 g/mol. The first-order chi connectivity index (χ1) is 17.1. The zero-order valence-corrected chi connectivity index (χ0v) is 22.3. The lowest BCUT2D eigenvalue weighted by molar-refractivity contribution is 0.0595. The Labute approximate surface area is 219 Å². The summed E-state index contributed by atoms with van der Waals surface area (Å²) in [5, 5.41) is 10.5. The molecule has 0 saturated heterocycles. The Balaban J connectivity index is 1.66. The van der Waals surface area contributed by atoms with E-state index in [2.05, 4.69) is 36.4 Å². The average Bonchev–Trinajstić information content (AvgIpc) is 3.48. The van der Waals surface area contributed by atoms with E-state index < -0.39 is 24.0 Å². The van der Waals surface area contributed by atoms with Crippen LogP contribution in [0.3, 0.4) is 0 Å². The van der Waals surface area contributed by atoms with Crippen molar-refractivity contribution in [3.05, 3.63) is 67.7 Å². The van der Waals surface area contributed by atoms with E-state index in [1.54, 1.807) is 23.8 Å². The van der Waals surface area contributed by atoms with Gasteiger partial charge in [-0.3, -0.25) is 14.3 Å². The van der Waals surface area contributed by atoms with Crippen molar-refractivity contribution in [1.82, 2.24) is 20.5 Å². The summed E-state index contributed by atoms with van der Waals surface area (Å²) in [6.07, 6.45) is 4.54. The maximum absolute atomic E-state index is 14.6. The summed E-state index contributed by atoms with van der Waals surface area (Å²) < 4.78 is 46.6. The lowest BCUT2D eigenvalue weighted by atomic mass is 10.1. The minimum atomic E-state index is -5.81. The second-order valence-corrected chi connectivity index (χ2v) is 11.9. The van der Waals surface area contributed by atoms with Gasteiger partial charge in [-0.1, -0.05) is 0 Å². The molecule has 0 bridgehead atoms. The van der Waals surface area contributed by atoms with Crippen molar-refractivity contribution in [3.63, 3.8) is 0 Å². The van der Waals surface area contributed by atoms with Crippen molar-refractivity contribution in [1.29, 1.82) is 0 Å². The molecule has 0 saturated carbocycles. The number of thiazole rings is 1. The minimum absolute atomic E-state index is 0.0854. The van der Waals surface area contributed by atoms with Gasteiger partial charge in [-0.15, -0.1) is 22.7 Å². The Morgan fingerprint density at radius 3 is 2.78 bits per heavy atom. The molecule has 15 heteroatoms. The zero-order chi connectivity index (χ0) is 25.9. The first-order valence-electron chi connectivity index (χ1n) is 10.3. The molecule has 9 nitrogen and oxygen atoms in total. The second kappa shape index (κ2) is 11.0. The largest absolute Gasteiger partial charge is 0.492 e. The smallest absolute Gasteiger partial charge is 0.400 e. The number of hydrogen-bond acceptors (Lipinski definition) is 8. The predicted molar refractivity (Wildman–Crippen MR) is 135 cm³/mol. The quantitative estimate of drug-likeness (QED) is 0.165. The molecule has 1 aromatic carbocycles. The molecule has 4 rings (SSSR count). The van der Waals surface area contributed by atoms with Gasteiger partial charge in [0.25, 0.3) is 5.91 Å². The van der Waals surface area contributed by atoms with Crippen LogP contribution in [0.15, 0.2) is 46.6 Å². The van der Waals surface area contributed by atoms with Crippen molar-refractivity contribution in [2.75, 3.05) is 6.61 Å². The molecular formula is C21H18BrF2N4O5PS2. The number of ether oxygens (including phenoxy) is 1. The van der Waals surface area contributed by atoms with Crippen molar-refractivity contribution in [2.45, 2.75) is 25.1 Å². The number of aryl methyl sites for hydroxylation is 1. The van der Waals surface area contributed by atoms with Gasteiger partial charge in [0.1, 0.15) is 10.6 Å². The molecule has 3 N–H and O–H groups in total. The maximum Gasteiger partial charge on any atom is 0.400 e. The van der Waals surface area contributed by atoms with Crippen LogP contribution in [0.2, 0.25) is 0 Å². The summed E-state index contributed by atoms with van der Waals surface area (Å²) in [5.74, 6) is -0.363. The summed E-state index contributed by atoms with van der Waals surface area (Å²) in [7, 11) is -5.81. The SMILES string of the molecule is O=C(NCc1cccnn1)c1cc(OCCCc2cncs2)c2sc(C(F)(F)P(=O)(O)O)c(Br)c2c1. The fraction of sp³-hybridized carbons (Fsp3) is 0.238. The molecule has 0 aliphatic carbocycles. The molecule has 0 aliphatic rings. The number of hydrogen-bond donors (Lipinski definition) is 3. The normalized spacial score (nSPS) is 12.1. The van der Waals surface area contributed by atoms with Crippen LogP contribution in [0.5, 0.6) is 5.75 Å². The van der Waals surface area contributed by atoms with Crippen LogP contribution in [0.1, 0.15) is 32.2 Å². The highest BCUT2D eigenvalue weighted by Crippen LogP contribution is 2.63. The lowest BCUT2D eigenvalue weighted by Crippen LogP contribution is -2.23. The van der Waals surface area contributed by atoms with Gasteiger partial charge in [0.15, 0.2) is 0 Å². The third-order valence-electron chi connectivity index (χ3n) is 4.96. The molecule has 1 amide bonds. The number of amides is 1. The molecule has 0 spiro atoms. The van der Waals surface area contributed by atoms with Gasteiger partial charge in [-0.2, -0.15) is 19.0 Å². The van der Waals surface area contributed by atoms with Crippen molar-refractivity contribution >= 4 is 62.2 Å². The summed E-state index contributed by atoms with van der Waals surface area (Å²) in [6, 6.07) is 6.14. The van der Waals surface area contributed by atoms with Gasteiger partial charge in [-0.25, -0.2) is 0 Å². The number of alkyl halides is 2. The summed E-state index contributed by atoms with van der Waals surface area (Å²) in [4.78, 5) is 35.6. The van der Waals surface area contributed by atoms with E-state index in [1.165, 1.54) is 29.7 Å². The van der Waals surface area contributed by atoms with Crippen LogP contribution >= 0.6 is 46.2 Å². The Morgan fingerprint density at radius 2 is 2.11 bits per heavy atom. The number of carbonyl (C=O) groups is 1. The third kappa shape index (κ3) is 5.79. The molecule has 3 aromatic heterocycles. The summed E-state index contributed by atoms with van der Waals surface area (Å²) in [5.41, 5.74) is -2.07. The van der Waals surface area contributed by atoms with Gasteiger partial charge in [0.05, 0.1) is 29.1 Å². The van der Waals surface area contributed by atoms with E-state index in [0.717, 1.165) is 4.88 Å². The van der Waals surface area contributed by atoms with Crippen LogP contribution in [0, 0.1) is 0 Å². The first kappa shape index (κ1) is 26.7. The topological polar surface area (TPSA) is 135 Å². The van der Waals surface area contributed by atoms with Crippen molar-refractivity contribution < 1.29 is 32.7 Å². The van der Waals surface area contributed by atoms with Crippen molar-refractivity contribution in [3.8, 4) is 5.75 Å². The Morgan fingerprint density at radius 1 is 1.31 bits per heavy atom. The second-order valence-electron chi connectivity index (χ2n) is 7.50. The standard InChI is InChI=1S/C21H18BrF2N4O5PS2/c22-17-15-7-12(20(29)26-9-13-3-1-5-27-28-13)8-16(33-6-2-4-14-10-25-11-35-14)18(15)36-19(17)21(23,24)34(30,31)32/h1,3,5,7-8,10-11H,2,4,6,9H2,(H,26,29)(H2,30,31,32). The fourth-order valence-corrected chi connectivity index (χ4v) is 6.81. The highest BCUT2D eigenvalue weighted by atomic mass is 79.9. The van der Waals surface area contributed by atoms with Gasteiger partial charge >= 0.3 is 13.3 Å². The third-order valence-corrected chi connectivity index (χ3v) is 9.28. The number of rotatable bonds is 10. The number of nitrogens with zero attached hydrogens (tertiary/aromatic N) is 3. The Hall–Kier alpha value is -2.35. The maximum atomic E-state index is 14.6. The van der Waals surface area contributed by atoms with E-state index >= 15 is 0 Å². The molecule has 4 aromatic rings. The lowest BCUT2D eigenvalue weighted by Gasteiger charge is -2.16. The zero-order valence-electron chi connectivity index (χ0n) is 18.2. The highest BCUT2D eigenvalue weighted by Gasteiger charge is 2.53. The number of aromatic nitrogens is 3. The highest BCUT2D eigenvalue weighted by molar-refractivity contribution is 9.10. The molecule has 0 fully saturated rings. The number of fused-ring (bicyclic) bond motifs is 1. The number of benzene rings is 1. The van der Waals surface area contributed by atoms with Crippen LogP contribution in [-0.2, 0) is 23.2 Å². The molecule has 0 atom stereocenters. The van der Waals surface area contributed by atoms with Crippen molar-refractivity contribution in [2.24, 2.45) is 0 Å².